The van der Waals surface area contributed by atoms with Crippen LogP contribution in [-0.4, -0.2) is 16.1 Å². The van der Waals surface area contributed by atoms with E-state index in [-0.39, 0.29) is 18.4 Å². The average Bonchev–Trinajstić information content (AvgIpc) is 2.98. The number of amides is 1. The second-order valence-corrected chi connectivity index (χ2v) is 5.06. The van der Waals surface area contributed by atoms with Gasteiger partial charge in [0, 0.05) is 6.42 Å². The van der Waals surface area contributed by atoms with Crippen LogP contribution < -0.4 is 5.32 Å². The molecule has 0 aliphatic heterocycles. The molecule has 2 aromatic rings. The van der Waals surface area contributed by atoms with Gasteiger partial charge in [0.05, 0.1) is 12.5 Å². The Bertz CT molecular complexity index is 689. The summed E-state index contributed by atoms with van der Waals surface area (Å²) in [6.07, 6.45) is 0.697. The lowest BCUT2D eigenvalue weighted by molar-refractivity contribution is -0.121. The smallest absolute Gasteiger partial charge is 0.235 e. The zero-order chi connectivity index (χ0) is 14.8. The number of aromatic nitrogens is 2. The van der Waals surface area contributed by atoms with Crippen molar-refractivity contribution < 1.29 is 9.21 Å². The van der Waals surface area contributed by atoms with Crippen molar-refractivity contribution in [3.63, 3.8) is 0 Å². The standard InChI is InChI=1S/C16H17N3O2/c1-3-12-18-19-13(21-12)9-17-16(20)15-10(2)14(15)11-7-5-4-6-8-11/h4-8,15H,3,9H2,1-2H3,(H,17,20)/t15-/m1/s1. The van der Waals surface area contributed by atoms with E-state index in [0.29, 0.717) is 18.2 Å². The summed E-state index contributed by atoms with van der Waals surface area (Å²) < 4.78 is 5.37. The molecule has 1 aromatic heterocycles. The van der Waals surface area contributed by atoms with Crippen molar-refractivity contribution in [2.24, 2.45) is 5.92 Å². The van der Waals surface area contributed by atoms with Crippen molar-refractivity contribution in [3.8, 4) is 0 Å². The van der Waals surface area contributed by atoms with Crippen LogP contribution in [0.3, 0.4) is 0 Å². The first-order valence-electron chi connectivity index (χ1n) is 7.05. The lowest BCUT2D eigenvalue weighted by atomic mass is 10.1. The fourth-order valence-corrected chi connectivity index (χ4v) is 2.44. The van der Waals surface area contributed by atoms with E-state index in [2.05, 4.69) is 15.5 Å². The van der Waals surface area contributed by atoms with Crippen molar-refractivity contribution in [2.45, 2.75) is 26.8 Å². The normalized spacial score (nSPS) is 17.0. The molecule has 1 aliphatic carbocycles. The Balaban J connectivity index is 1.58. The molecule has 0 saturated carbocycles. The minimum atomic E-state index is -0.124. The van der Waals surface area contributed by atoms with Gasteiger partial charge in [-0.2, -0.15) is 0 Å². The summed E-state index contributed by atoms with van der Waals surface area (Å²) in [6.45, 7) is 4.21. The number of rotatable bonds is 5. The summed E-state index contributed by atoms with van der Waals surface area (Å²) in [5, 5.41) is 10.6. The van der Waals surface area contributed by atoms with Gasteiger partial charge in [0.2, 0.25) is 17.7 Å². The molecule has 1 N–H and O–H groups in total. The highest BCUT2D eigenvalue weighted by atomic mass is 16.4. The molecule has 1 amide bonds. The summed E-state index contributed by atoms with van der Waals surface area (Å²) >= 11 is 0. The van der Waals surface area contributed by atoms with Gasteiger partial charge in [-0.1, -0.05) is 42.8 Å². The Morgan fingerprint density at radius 3 is 2.62 bits per heavy atom. The Hall–Kier alpha value is -2.43. The number of hydrogen-bond acceptors (Lipinski definition) is 4. The molecule has 1 atom stereocenters. The highest BCUT2D eigenvalue weighted by Gasteiger charge is 2.39. The third-order valence-electron chi connectivity index (χ3n) is 3.64. The van der Waals surface area contributed by atoms with Gasteiger partial charge in [0.15, 0.2) is 0 Å². The number of carbonyl (C=O) groups is 1. The molecule has 0 unspecified atom stereocenters. The molecule has 21 heavy (non-hydrogen) atoms. The number of nitrogens with zero attached hydrogens (tertiary/aromatic N) is 2. The van der Waals surface area contributed by atoms with Crippen LogP contribution in [0.4, 0.5) is 0 Å². The van der Waals surface area contributed by atoms with Crippen LogP contribution >= 0.6 is 0 Å². The highest BCUT2D eigenvalue weighted by Crippen LogP contribution is 2.46. The second-order valence-electron chi connectivity index (χ2n) is 5.06. The predicted molar refractivity (Wildman–Crippen MR) is 78.0 cm³/mol. The van der Waals surface area contributed by atoms with Crippen LogP contribution in [0.5, 0.6) is 0 Å². The van der Waals surface area contributed by atoms with Gasteiger partial charge >= 0.3 is 0 Å². The summed E-state index contributed by atoms with van der Waals surface area (Å²) in [5.74, 6) is 0.897. The third kappa shape index (κ3) is 2.72. The Labute approximate surface area is 123 Å². The van der Waals surface area contributed by atoms with E-state index in [0.717, 1.165) is 16.7 Å². The third-order valence-corrected chi connectivity index (χ3v) is 3.64. The van der Waals surface area contributed by atoms with Crippen LogP contribution in [0.1, 0.15) is 31.2 Å². The first-order chi connectivity index (χ1) is 10.2. The molecular formula is C16H17N3O2. The van der Waals surface area contributed by atoms with E-state index < -0.39 is 0 Å². The quantitative estimate of drug-likeness (QED) is 0.914. The van der Waals surface area contributed by atoms with Crippen molar-refractivity contribution >= 4 is 11.5 Å². The van der Waals surface area contributed by atoms with Gasteiger partial charge in [0.25, 0.3) is 0 Å². The molecule has 5 heteroatoms. The zero-order valence-corrected chi connectivity index (χ0v) is 12.1. The SMILES string of the molecule is CCc1nnc(CNC(=O)[C@@H]2C(C)=C2c2ccccc2)o1. The molecule has 1 heterocycles. The summed E-state index contributed by atoms with van der Waals surface area (Å²) in [4.78, 5) is 12.2. The predicted octanol–water partition coefficient (Wildman–Crippen LogP) is 2.35. The summed E-state index contributed by atoms with van der Waals surface area (Å²) in [5.41, 5.74) is 3.35. The first-order valence-corrected chi connectivity index (χ1v) is 7.05. The fraction of sp³-hybridized carbons (Fsp3) is 0.312. The van der Waals surface area contributed by atoms with E-state index >= 15 is 0 Å². The number of aryl methyl sites for hydroxylation is 1. The van der Waals surface area contributed by atoms with E-state index in [1.54, 1.807) is 0 Å². The molecule has 3 rings (SSSR count). The molecule has 1 aliphatic rings. The second kappa shape index (κ2) is 5.52. The van der Waals surface area contributed by atoms with Gasteiger partial charge in [-0.3, -0.25) is 4.79 Å². The number of benzene rings is 1. The van der Waals surface area contributed by atoms with Crippen LogP contribution in [-0.2, 0) is 17.8 Å². The lowest BCUT2D eigenvalue weighted by Crippen LogP contribution is -2.26. The zero-order valence-electron chi connectivity index (χ0n) is 12.1. The average molecular weight is 283 g/mol. The largest absolute Gasteiger partial charge is 0.423 e. The van der Waals surface area contributed by atoms with Gasteiger partial charge in [-0.05, 0) is 18.1 Å². The van der Waals surface area contributed by atoms with E-state index in [1.165, 1.54) is 0 Å². The molecule has 5 nitrogen and oxygen atoms in total. The highest BCUT2D eigenvalue weighted by molar-refractivity contribution is 6.05. The van der Waals surface area contributed by atoms with Crippen LogP contribution in [0, 0.1) is 5.92 Å². The van der Waals surface area contributed by atoms with Crippen LogP contribution in [0.25, 0.3) is 5.57 Å². The molecule has 0 saturated heterocycles. The molecule has 0 spiro atoms. The van der Waals surface area contributed by atoms with Crippen molar-refractivity contribution in [1.29, 1.82) is 0 Å². The Morgan fingerprint density at radius 2 is 1.95 bits per heavy atom. The topological polar surface area (TPSA) is 68.0 Å². The minimum absolute atomic E-state index is 0.0115. The maximum absolute atomic E-state index is 12.2. The van der Waals surface area contributed by atoms with Crippen LogP contribution in [0.15, 0.2) is 40.3 Å². The Kier molecular flexibility index (Phi) is 3.56. The fourth-order valence-electron chi connectivity index (χ4n) is 2.44. The summed E-state index contributed by atoms with van der Waals surface area (Å²) in [7, 11) is 0. The van der Waals surface area contributed by atoms with Gasteiger partial charge in [-0.25, -0.2) is 0 Å². The number of hydrogen-bond donors (Lipinski definition) is 1. The van der Waals surface area contributed by atoms with Gasteiger partial charge in [-0.15, -0.1) is 10.2 Å². The van der Waals surface area contributed by atoms with Gasteiger partial charge in [0.1, 0.15) is 0 Å². The van der Waals surface area contributed by atoms with Crippen molar-refractivity contribution in [2.75, 3.05) is 0 Å². The molecule has 0 fully saturated rings. The maximum atomic E-state index is 12.2. The lowest BCUT2D eigenvalue weighted by Gasteiger charge is -2.03. The van der Waals surface area contributed by atoms with Gasteiger partial charge < -0.3 is 9.73 Å². The molecule has 0 radical (unpaired) electrons. The maximum Gasteiger partial charge on any atom is 0.235 e. The van der Waals surface area contributed by atoms with E-state index in [9.17, 15) is 4.79 Å². The van der Waals surface area contributed by atoms with Crippen LogP contribution in [0.2, 0.25) is 0 Å². The monoisotopic (exact) mass is 283 g/mol. The molecular weight excluding hydrogens is 266 g/mol. The van der Waals surface area contributed by atoms with Crippen molar-refractivity contribution in [3.05, 3.63) is 53.2 Å². The Morgan fingerprint density at radius 1 is 1.24 bits per heavy atom. The number of carbonyl (C=O) groups excluding carboxylic acids is 1. The molecule has 1 aromatic carbocycles. The first kappa shape index (κ1) is 13.5. The molecule has 0 bridgehead atoms. The minimum Gasteiger partial charge on any atom is -0.423 e. The van der Waals surface area contributed by atoms with Crippen molar-refractivity contribution in [1.82, 2.24) is 15.5 Å². The molecule has 108 valence electrons. The number of nitrogens with one attached hydrogen (secondary N) is 1. The van der Waals surface area contributed by atoms with E-state index in [4.69, 9.17) is 4.42 Å². The summed E-state index contributed by atoms with van der Waals surface area (Å²) in [6, 6.07) is 9.98. The van der Waals surface area contributed by atoms with E-state index in [1.807, 2.05) is 44.2 Å².